The minimum absolute atomic E-state index is 0.00694. The Labute approximate surface area is 246 Å². The van der Waals surface area contributed by atoms with Crippen molar-refractivity contribution in [3.05, 3.63) is 22.5 Å². The van der Waals surface area contributed by atoms with Crippen LogP contribution in [0.2, 0.25) is 5.02 Å². The Bertz CT molecular complexity index is 859. The molecule has 9 nitrogen and oxygen atoms in total. The maximum absolute atomic E-state index is 12.3. The van der Waals surface area contributed by atoms with E-state index >= 15 is 0 Å². The maximum atomic E-state index is 12.3. The SMILES string of the molecule is COCCNC(=O)Oc1cc(Cl)c2nc1CN[C@@H]1CCCC[C@H]1NCCN[C@@H]1CCCC[C@H]1NC2.[Cl][Mn][Cl]. The first-order chi connectivity index (χ1) is 18.5. The van der Waals surface area contributed by atoms with Gasteiger partial charge in [-0.05, 0) is 25.7 Å². The molecule has 0 spiro atoms. The fraction of sp³-hybridized carbons (Fsp3) is 0.760. The Balaban J connectivity index is 0.00000127. The number of hydrogen-bond donors (Lipinski definition) is 5. The molecular weight excluding hydrogens is 594 g/mol. The van der Waals surface area contributed by atoms with E-state index in [2.05, 4.69) is 26.6 Å². The molecule has 4 rings (SSSR count). The molecule has 0 saturated heterocycles. The number of carbonyl (C=O) groups is 1. The van der Waals surface area contributed by atoms with Crippen molar-refractivity contribution >= 4 is 37.9 Å². The van der Waals surface area contributed by atoms with Gasteiger partial charge in [0, 0.05) is 70.1 Å². The molecule has 1 aliphatic heterocycles. The molecule has 1 amide bonds. The van der Waals surface area contributed by atoms with Gasteiger partial charge in [-0.25, -0.2) is 9.78 Å². The standard InChI is InChI=1S/C25H41ClN6O3.2ClH.Mn/c1-34-13-12-29-25(33)35-24-14-17(26)22-15-30-20-8-4-2-6-18(20)27-10-11-28-19-7-3-5-9-21(19)31-16-23(24)32-22;;;/h14,18-21,27-28,30-31H,2-13,15-16H2,1H3,(H,29,33);2*1H;/q;;;+2/p-2/t18-,19-,20-,21-;;;/m1.../s1. The molecule has 13 heteroatoms. The average Bonchev–Trinajstić information content (AvgIpc) is 2.92. The quantitative estimate of drug-likeness (QED) is 0.251. The van der Waals surface area contributed by atoms with Crippen LogP contribution in [-0.4, -0.2) is 68.6 Å². The van der Waals surface area contributed by atoms with Crippen LogP contribution in [0, 0.1) is 0 Å². The predicted molar refractivity (Wildman–Crippen MR) is 149 cm³/mol. The zero-order valence-corrected chi connectivity index (χ0v) is 25.4. The Morgan fingerprint density at radius 2 is 1.45 bits per heavy atom. The van der Waals surface area contributed by atoms with Gasteiger partial charge in [0.05, 0.1) is 23.0 Å². The third kappa shape index (κ3) is 10.5. The van der Waals surface area contributed by atoms with Gasteiger partial charge in [0.25, 0.3) is 0 Å². The normalized spacial score (nSPS) is 26.3. The number of fused-ring (bicyclic) bond motifs is 4. The molecular formula is C25H41Cl3MnN6O3. The molecule has 1 aromatic heterocycles. The number of pyridine rings is 1. The van der Waals surface area contributed by atoms with Crippen LogP contribution in [0.25, 0.3) is 0 Å². The van der Waals surface area contributed by atoms with Crippen molar-refractivity contribution in [2.75, 3.05) is 33.4 Å². The van der Waals surface area contributed by atoms with E-state index in [9.17, 15) is 4.79 Å². The molecule has 38 heavy (non-hydrogen) atoms. The van der Waals surface area contributed by atoms with Gasteiger partial charge in [-0.1, -0.05) is 37.3 Å². The van der Waals surface area contributed by atoms with Gasteiger partial charge in [0.2, 0.25) is 0 Å². The van der Waals surface area contributed by atoms with Gasteiger partial charge in [-0.3, -0.25) is 0 Å². The van der Waals surface area contributed by atoms with E-state index in [0.29, 0.717) is 66.9 Å². The molecule has 2 fully saturated rings. The summed E-state index contributed by atoms with van der Waals surface area (Å²) in [5, 5.41) is 18.2. The molecule has 5 N–H and O–H groups in total. The average molecular weight is 635 g/mol. The Kier molecular flexibility index (Phi) is 15.3. The van der Waals surface area contributed by atoms with Crippen LogP contribution in [0.3, 0.4) is 0 Å². The summed E-state index contributed by atoms with van der Waals surface area (Å²) in [7, 11) is 11.2. The summed E-state index contributed by atoms with van der Waals surface area (Å²) < 4.78 is 10.6. The van der Waals surface area contributed by atoms with E-state index in [1.165, 1.54) is 32.1 Å². The summed E-state index contributed by atoms with van der Waals surface area (Å²) in [4.78, 5) is 17.2. The summed E-state index contributed by atoms with van der Waals surface area (Å²) in [6.45, 7) is 3.81. The van der Waals surface area contributed by atoms with Crippen molar-refractivity contribution in [3.8, 4) is 5.75 Å². The van der Waals surface area contributed by atoms with E-state index < -0.39 is 6.09 Å². The number of amides is 1. The summed E-state index contributed by atoms with van der Waals surface area (Å²) in [6, 6.07) is 3.33. The Hall–Kier alpha value is -0.391. The first kappa shape index (κ1) is 32.1. The van der Waals surface area contributed by atoms with Crippen LogP contribution >= 0.6 is 31.8 Å². The van der Waals surface area contributed by atoms with Crippen molar-refractivity contribution < 1.29 is 27.4 Å². The van der Waals surface area contributed by atoms with Crippen molar-refractivity contribution in [1.29, 1.82) is 0 Å². The van der Waals surface area contributed by atoms with E-state index in [1.54, 1.807) is 13.2 Å². The number of aromatic nitrogens is 1. The second kappa shape index (κ2) is 18.1. The molecule has 0 unspecified atom stereocenters. The molecule has 3 aliphatic rings. The van der Waals surface area contributed by atoms with Gasteiger partial charge in [0.15, 0.2) is 5.75 Å². The van der Waals surface area contributed by atoms with Gasteiger partial charge >= 0.3 is 39.4 Å². The first-order valence-corrected chi connectivity index (χ1v) is 17.1. The number of carbonyl (C=O) groups excluding carboxylic acids is 1. The molecule has 2 saturated carbocycles. The summed E-state index contributed by atoms with van der Waals surface area (Å²) >= 11 is 6.64. The van der Waals surface area contributed by atoms with Crippen molar-refractivity contribution in [2.45, 2.75) is 88.6 Å². The van der Waals surface area contributed by atoms with E-state index in [0.717, 1.165) is 38.0 Å². The molecule has 0 radical (unpaired) electrons. The third-order valence-corrected chi connectivity index (χ3v) is 7.73. The van der Waals surface area contributed by atoms with Gasteiger partial charge in [-0.2, -0.15) is 0 Å². The van der Waals surface area contributed by atoms with E-state index in [-0.39, 0.29) is 13.1 Å². The zero-order valence-electron chi connectivity index (χ0n) is 22.0. The molecule has 217 valence electrons. The monoisotopic (exact) mass is 633 g/mol. The summed E-state index contributed by atoms with van der Waals surface area (Å²) in [6.07, 6.45) is 9.03. The Morgan fingerprint density at radius 3 is 1.97 bits per heavy atom. The van der Waals surface area contributed by atoms with Crippen molar-refractivity contribution in [2.24, 2.45) is 0 Å². The second-order valence-corrected chi connectivity index (χ2v) is 12.2. The van der Waals surface area contributed by atoms with Crippen LogP contribution in [0.5, 0.6) is 5.75 Å². The Morgan fingerprint density at radius 1 is 0.947 bits per heavy atom. The van der Waals surface area contributed by atoms with Gasteiger partial charge < -0.3 is 36.1 Å². The number of nitrogens with one attached hydrogen (secondary N) is 5. The van der Waals surface area contributed by atoms with Crippen LogP contribution < -0.4 is 31.3 Å². The zero-order chi connectivity index (χ0) is 27.2. The minimum atomic E-state index is -0.536. The van der Waals surface area contributed by atoms with Crippen LogP contribution in [0.15, 0.2) is 6.07 Å². The number of rotatable bonds is 4. The van der Waals surface area contributed by atoms with Crippen molar-refractivity contribution in [3.63, 3.8) is 0 Å². The van der Waals surface area contributed by atoms with Gasteiger partial charge in [-0.15, -0.1) is 0 Å². The molecule has 2 heterocycles. The van der Waals surface area contributed by atoms with Gasteiger partial charge in [0.1, 0.15) is 0 Å². The van der Waals surface area contributed by atoms with Crippen LogP contribution in [-0.2, 0) is 31.0 Å². The first-order valence-electron chi connectivity index (χ1n) is 13.5. The third-order valence-electron chi connectivity index (χ3n) is 7.40. The number of methoxy groups -OCH3 is 1. The summed E-state index contributed by atoms with van der Waals surface area (Å²) in [5.74, 6) is 0.392. The molecule has 4 atom stereocenters. The van der Waals surface area contributed by atoms with Crippen molar-refractivity contribution in [1.82, 2.24) is 31.6 Å². The van der Waals surface area contributed by atoms with Crippen LogP contribution in [0.1, 0.15) is 62.8 Å². The molecule has 2 bridgehead atoms. The fourth-order valence-electron chi connectivity index (χ4n) is 5.49. The summed E-state index contributed by atoms with van der Waals surface area (Å²) in [5.41, 5.74) is 1.48. The fourth-order valence-corrected chi connectivity index (χ4v) is 5.70. The van der Waals surface area contributed by atoms with Crippen LogP contribution in [0.4, 0.5) is 4.79 Å². The molecule has 0 aromatic carbocycles. The topological polar surface area (TPSA) is 109 Å². The van der Waals surface area contributed by atoms with E-state index in [1.807, 2.05) is 0 Å². The number of halogens is 3. The molecule has 1 aromatic rings. The number of nitrogens with zero attached hydrogens (tertiary/aromatic N) is 1. The predicted octanol–water partition coefficient (Wildman–Crippen LogP) is 3.84. The van der Waals surface area contributed by atoms with E-state index in [4.69, 9.17) is 46.3 Å². The number of ether oxygens (including phenoxy) is 2. The molecule has 2 aliphatic carbocycles. The second-order valence-electron chi connectivity index (χ2n) is 9.89. The number of hydrogen-bond acceptors (Lipinski definition) is 8.